The van der Waals surface area contributed by atoms with Crippen molar-refractivity contribution in [3.63, 3.8) is 0 Å². The van der Waals surface area contributed by atoms with Gasteiger partial charge in [0.25, 0.3) is 0 Å². The molecule has 0 atom stereocenters. The van der Waals surface area contributed by atoms with E-state index in [1.807, 2.05) is 0 Å². The van der Waals surface area contributed by atoms with Gasteiger partial charge in [0, 0.05) is 0 Å². The molecular weight excluding hydrogens is 134 g/mol. The number of rotatable bonds is 0. The molecule has 26 valence electrons. The average Bonchev–Trinajstić information content (AvgIpc) is 0.722. The van der Waals surface area contributed by atoms with Crippen molar-refractivity contribution >= 4 is 39.6 Å². The van der Waals surface area contributed by atoms with Crippen molar-refractivity contribution in [3.8, 4) is 0 Å². The summed E-state index contributed by atoms with van der Waals surface area (Å²) in [5.74, 6) is 0. The van der Waals surface area contributed by atoms with Gasteiger partial charge in [-0.3, -0.25) is 0 Å². The first-order valence-corrected chi connectivity index (χ1v) is 4.69. The van der Waals surface area contributed by atoms with E-state index in [1.54, 1.807) is 0 Å². The van der Waals surface area contributed by atoms with Crippen molar-refractivity contribution in [1.29, 1.82) is 1.28 Å². The first kappa shape index (κ1) is 3.42. The van der Waals surface area contributed by atoms with Crippen LogP contribution in [0.3, 0.4) is 0 Å². The maximum Gasteiger partial charge on any atom is 0.108 e. The Morgan fingerprint density at radius 1 is 2.00 bits per heavy atom. The molecule has 0 aliphatic heterocycles. The summed E-state index contributed by atoms with van der Waals surface area (Å²) >= 11 is 13.9. The van der Waals surface area contributed by atoms with Gasteiger partial charge in [0.1, 0.15) is 6.63 Å². The number of hydrogen-bond donors (Lipinski definition) is 0. The van der Waals surface area contributed by atoms with Crippen LogP contribution in [0.5, 0.6) is 0 Å². The Labute approximate surface area is 41.4 Å². The van der Waals surface area contributed by atoms with Crippen molar-refractivity contribution in [2.24, 2.45) is 0 Å². The lowest BCUT2D eigenvalue weighted by Gasteiger charge is -1.56. The molecule has 4 heteroatoms. The Kier molecular flexibility index (Phi) is 2.11. The molecule has 0 nitrogen and oxygen atoms in total. The van der Waals surface area contributed by atoms with Crippen molar-refractivity contribution in [1.82, 2.24) is 0 Å². The molecule has 0 bridgehead atoms. The van der Waals surface area contributed by atoms with Crippen LogP contribution in [0.2, 0.25) is 0 Å². The van der Waals surface area contributed by atoms with Crippen LogP contribution < -0.4 is 0 Å². The van der Waals surface area contributed by atoms with Crippen LogP contribution in [0, 0.1) is 0 Å². The van der Waals surface area contributed by atoms with E-state index in [9.17, 15) is 0 Å². The quantitative estimate of drug-likeness (QED) is 0.458. The number of halogens is 2. The molecule has 0 fully saturated rings. The van der Waals surface area contributed by atoms with Gasteiger partial charge in [0.15, 0.2) is 0 Å². The summed E-state index contributed by atoms with van der Waals surface area (Å²) in [4.78, 5) is 0. The minimum absolute atomic E-state index is 2.61. The van der Waals surface area contributed by atoms with E-state index in [0.717, 1.165) is 0 Å². The van der Waals surface area contributed by atoms with Gasteiger partial charge in [0.2, 0.25) is 0 Å². The molecule has 0 N–H and O–H groups in total. The second-order valence-electron chi connectivity index (χ2n) is 0.202. The zero-order valence-electron chi connectivity index (χ0n) is 2.61. The van der Waals surface area contributed by atoms with Gasteiger partial charge in [-0.2, -0.15) is 0 Å². The van der Waals surface area contributed by atoms with E-state index >= 15 is 0 Å². The minimum atomic E-state index is -2.61. The van der Waals surface area contributed by atoms with E-state index in [0.29, 0.717) is 0 Å². The Hall–Kier alpha value is 1.23. The highest BCUT2D eigenvalue weighted by Gasteiger charge is 1.60. The van der Waals surface area contributed by atoms with Crippen molar-refractivity contribution in [2.75, 3.05) is 0 Å². The predicted molar refractivity (Wildman–Crippen MR) is 27.4 cm³/mol. The summed E-state index contributed by atoms with van der Waals surface area (Å²) in [5.41, 5.74) is 0. The summed E-state index contributed by atoms with van der Waals surface area (Å²) in [6, 6.07) is 0. The molecule has 0 heterocycles. The van der Waals surface area contributed by atoms with Gasteiger partial charge in [-0.25, -0.2) is 0 Å². The molecule has 0 aromatic heterocycles. The standard InChI is InChI=1S/Cl2HPS/c1-3(2)4/h3H/i3D. The molecule has 0 radical (unpaired) electrons. The zero-order valence-corrected chi connectivity index (χ0v) is 4.83. The maximum absolute atomic E-state index is 6.39. The van der Waals surface area contributed by atoms with Crippen LogP contribution in [0.1, 0.15) is 0 Å². The van der Waals surface area contributed by atoms with Gasteiger partial charge < -0.3 is 0 Å². The molecular formula is HCl2PS. The minimum Gasteiger partial charge on any atom is -0.0717 e. The highest BCUT2D eigenvalue weighted by Crippen LogP contribution is 2.31. The molecule has 0 aliphatic carbocycles. The van der Waals surface area contributed by atoms with E-state index < -0.39 is 5.35 Å². The second-order valence-corrected chi connectivity index (χ2v) is 5.45. The fourth-order valence-corrected chi connectivity index (χ4v) is 0. The Bertz CT molecular complexity index is 55.8. The van der Waals surface area contributed by atoms with Crippen molar-refractivity contribution < 1.29 is 0 Å². The molecule has 0 saturated heterocycles. The summed E-state index contributed by atoms with van der Waals surface area (Å²) < 4.78 is 6.39. The fraction of sp³-hybridized carbons (Fsp3) is 0. The average molecular weight is 136 g/mol. The van der Waals surface area contributed by atoms with Gasteiger partial charge in [-0.05, 0) is 0 Å². The van der Waals surface area contributed by atoms with E-state index in [1.165, 1.54) is 0 Å². The van der Waals surface area contributed by atoms with E-state index in [-0.39, 0.29) is 0 Å². The summed E-state index contributed by atoms with van der Waals surface area (Å²) in [5, 5.41) is -2.61. The van der Waals surface area contributed by atoms with Gasteiger partial charge in [-0.15, -0.1) is 0 Å². The lowest BCUT2D eigenvalue weighted by atomic mass is 30.3. The normalized spacial score (nSPS) is 15.0. The molecule has 4 heavy (non-hydrogen) atoms. The molecule has 0 aliphatic rings. The Morgan fingerprint density at radius 2 is 2.00 bits per heavy atom. The molecule has 0 aromatic carbocycles. The number of hydrogen-bond acceptors (Lipinski definition) is 1. The zero-order chi connectivity index (χ0) is 4.50. The molecule has 0 aromatic rings. The first-order valence-electron chi connectivity index (χ1n) is 0.968. The largest absolute Gasteiger partial charge is 0.108 e. The fourth-order valence-electron chi connectivity index (χ4n) is 0. The summed E-state index contributed by atoms with van der Waals surface area (Å²) in [6.07, 6.45) is 0. The second kappa shape index (κ2) is 2.47. The van der Waals surface area contributed by atoms with Crippen LogP contribution in [-0.4, -0.2) is 1.28 Å². The first-order chi connectivity index (χ1) is 2.00. The molecule has 0 unspecified atom stereocenters. The molecule has 0 spiro atoms. The van der Waals surface area contributed by atoms with Crippen LogP contribution in [-0.2, 0) is 11.8 Å². The van der Waals surface area contributed by atoms with Gasteiger partial charge in [0.05, 0.1) is 0 Å². The third-order valence-corrected chi connectivity index (χ3v) is 0. The van der Waals surface area contributed by atoms with E-state index in [2.05, 4.69) is 11.8 Å². The van der Waals surface area contributed by atoms with Crippen molar-refractivity contribution in [2.45, 2.75) is 0 Å². The van der Waals surface area contributed by atoms with Gasteiger partial charge in [-0.1, -0.05) is 34.3 Å². The van der Waals surface area contributed by atoms with Gasteiger partial charge >= 0.3 is 0 Å². The summed E-state index contributed by atoms with van der Waals surface area (Å²) in [7, 11) is 0. The van der Waals surface area contributed by atoms with Crippen LogP contribution >= 0.6 is 27.8 Å². The molecule has 0 saturated carbocycles. The molecule has 0 rings (SSSR count). The van der Waals surface area contributed by atoms with E-state index in [4.69, 9.17) is 23.8 Å². The Morgan fingerprint density at radius 3 is 2.00 bits per heavy atom. The topological polar surface area (TPSA) is 0 Å². The van der Waals surface area contributed by atoms with Crippen LogP contribution in [0.25, 0.3) is 0 Å². The monoisotopic (exact) mass is 135 g/mol. The Balaban J connectivity index is 3.47. The molecule has 0 amide bonds. The summed E-state index contributed by atoms with van der Waals surface area (Å²) in [6.45, 7) is 0. The maximum atomic E-state index is 6.39. The van der Waals surface area contributed by atoms with Crippen LogP contribution in [0.4, 0.5) is 0 Å². The highest BCUT2D eigenvalue weighted by atomic mass is 35.9. The predicted octanol–water partition coefficient (Wildman–Crippen LogP) is 1.97. The third kappa shape index (κ3) is 10.6. The smallest absolute Gasteiger partial charge is 0.0717 e. The third-order valence-electron chi connectivity index (χ3n) is 0. The van der Waals surface area contributed by atoms with Crippen molar-refractivity contribution in [3.05, 3.63) is 0 Å². The van der Waals surface area contributed by atoms with Crippen LogP contribution in [0.15, 0.2) is 0 Å². The highest BCUT2D eigenvalue weighted by molar-refractivity contribution is 8.29. The SMILES string of the molecule is [2H]P(=S)(Cl)Cl. The lowest BCUT2D eigenvalue weighted by Crippen LogP contribution is -0.922. The lowest BCUT2D eigenvalue weighted by molar-refractivity contribution is 4.81.